The second-order valence-corrected chi connectivity index (χ2v) is 5.74. The van der Waals surface area contributed by atoms with Crippen LogP contribution in [0.1, 0.15) is 11.1 Å². The predicted octanol–water partition coefficient (Wildman–Crippen LogP) is 1.03. The Bertz CT molecular complexity index is 676. The molecule has 0 bridgehead atoms. The average molecular weight is 348 g/mol. The number of hydrogen-bond donors (Lipinski definition) is 4. The maximum Gasteiger partial charge on any atom is 0.238 e. The van der Waals surface area contributed by atoms with Crippen LogP contribution in [-0.2, 0) is 17.8 Å². The summed E-state index contributed by atoms with van der Waals surface area (Å²) in [5, 5.41) is 5.40. The van der Waals surface area contributed by atoms with Crippen molar-refractivity contribution in [2.45, 2.75) is 25.2 Å². The minimum Gasteiger partial charge on any atom is -0.338 e. The SMILES string of the molecule is NC(CNCc1c(F)cccc1F)NC(=O)[C@H](N)Cc1ccccc1. The highest BCUT2D eigenvalue weighted by Crippen LogP contribution is 2.11. The van der Waals surface area contributed by atoms with E-state index in [-0.39, 0.29) is 24.6 Å². The van der Waals surface area contributed by atoms with Gasteiger partial charge >= 0.3 is 0 Å². The molecular formula is C18H22F2N4O. The summed E-state index contributed by atoms with van der Waals surface area (Å²) >= 11 is 0. The molecule has 0 aromatic heterocycles. The molecule has 0 radical (unpaired) electrons. The normalized spacial score (nSPS) is 13.3. The predicted molar refractivity (Wildman–Crippen MR) is 92.3 cm³/mol. The van der Waals surface area contributed by atoms with E-state index >= 15 is 0 Å². The topological polar surface area (TPSA) is 93.2 Å². The van der Waals surface area contributed by atoms with E-state index in [2.05, 4.69) is 10.6 Å². The molecule has 2 atom stereocenters. The Labute approximate surface area is 145 Å². The third kappa shape index (κ3) is 5.90. The van der Waals surface area contributed by atoms with Crippen molar-refractivity contribution in [3.63, 3.8) is 0 Å². The lowest BCUT2D eigenvalue weighted by molar-refractivity contribution is -0.123. The van der Waals surface area contributed by atoms with Crippen molar-refractivity contribution < 1.29 is 13.6 Å². The molecule has 7 heteroatoms. The molecule has 1 unspecified atom stereocenters. The summed E-state index contributed by atoms with van der Waals surface area (Å²) in [7, 11) is 0. The maximum atomic E-state index is 13.5. The molecular weight excluding hydrogens is 326 g/mol. The van der Waals surface area contributed by atoms with Crippen LogP contribution in [0.4, 0.5) is 8.78 Å². The smallest absolute Gasteiger partial charge is 0.238 e. The van der Waals surface area contributed by atoms with Crippen molar-refractivity contribution in [1.29, 1.82) is 0 Å². The number of hydrogen-bond acceptors (Lipinski definition) is 4. The maximum absolute atomic E-state index is 13.5. The lowest BCUT2D eigenvalue weighted by atomic mass is 10.1. The summed E-state index contributed by atoms with van der Waals surface area (Å²) in [6.07, 6.45) is -0.322. The van der Waals surface area contributed by atoms with Crippen molar-refractivity contribution in [2.24, 2.45) is 11.5 Å². The first-order valence-corrected chi connectivity index (χ1v) is 7.96. The molecule has 0 spiro atoms. The van der Waals surface area contributed by atoms with Crippen molar-refractivity contribution in [3.05, 3.63) is 71.3 Å². The second kappa shape index (κ2) is 9.22. The largest absolute Gasteiger partial charge is 0.338 e. The van der Waals surface area contributed by atoms with Gasteiger partial charge in [0.1, 0.15) is 11.6 Å². The summed E-state index contributed by atoms with van der Waals surface area (Å²) < 4.78 is 27.0. The Balaban J connectivity index is 1.75. The zero-order chi connectivity index (χ0) is 18.2. The summed E-state index contributed by atoms with van der Waals surface area (Å²) in [4.78, 5) is 12.0. The fraction of sp³-hybridized carbons (Fsp3) is 0.278. The Morgan fingerprint density at radius 3 is 2.28 bits per heavy atom. The van der Waals surface area contributed by atoms with Gasteiger partial charge in [-0.05, 0) is 24.1 Å². The van der Waals surface area contributed by atoms with Gasteiger partial charge in [-0.25, -0.2) is 8.78 Å². The van der Waals surface area contributed by atoms with Crippen LogP contribution in [0.5, 0.6) is 0 Å². The van der Waals surface area contributed by atoms with E-state index in [1.165, 1.54) is 18.2 Å². The van der Waals surface area contributed by atoms with E-state index in [1.54, 1.807) is 0 Å². The molecule has 1 amide bonds. The number of benzene rings is 2. The fourth-order valence-electron chi connectivity index (χ4n) is 2.36. The number of nitrogens with two attached hydrogens (primary N) is 2. The molecule has 0 fully saturated rings. The monoisotopic (exact) mass is 348 g/mol. The molecule has 25 heavy (non-hydrogen) atoms. The first-order chi connectivity index (χ1) is 12.0. The molecule has 2 aromatic carbocycles. The summed E-state index contributed by atoms with van der Waals surface area (Å²) in [5.74, 6) is -1.64. The molecule has 5 nitrogen and oxygen atoms in total. The van der Waals surface area contributed by atoms with Gasteiger partial charge in [0.2, 0.25) is 5.91 Å². The van der Waals surface area contributed by atoms with Gasteiger partial charge < -0.3 is 22.1 Å². The van der Waals surface area contributed by atoms with E-state index < -0.39 is 23.8 Å². The summed E-state index contributed by atoms with van der Waals surface area (Å²) in [6, 6.07) is 12.3. The molecule has 2 aromatic rings. The number of carbonyl (C=O) groups excluding carboxylic acids is 1. The van der Waals surface area contributed by atoms with Crippen LogP contribution in [0.3, 0.4) is 0 Å². The van der Waals surface area contributed by atoms with E-state index in [0.717, 1.165) is 5.56 Å². The van der Waals surface area contributed by atoms with E-state index in [4.69, 9.17) is 11.5 Å². The zero-order valence-corrected chi connectivity index (χ0v) is 13.7. The van der Waals surface area contributed by atoms with Crippen molar-refractivity contribution in [3.8, 4) is 0 Å². The Kier molecular flexibility index (Phi) is 7.00. The first kappa shape index (κ1) is 19.0. The lowest BCUT2D eigenvalue weighted by Gasteiger charge is -2.18. The van der Waals surface area contributed by atoms with Crippen LogP contribution in [-0.4, -0.2) is 24.7 Å². The summed E-state index contributed by atoms with van der Waals surface area (Å²) in [5.41, 5.74) is 12.6. The zero-order valence-electron chi connectivity index (χ0n) is 13.7. The van der Waals surface area contributed by atoms with E-state index in [1.807, 2.05) is 30.3 Å². The lowest BCUT2D eigenvalue weighted by Crippen LogP contribution is -2.53. The van der Waals surface area contributed by atoms with Crippen LogP contribution in [0.2, 0.25) is 0 Å². The Morgan fingerprint density at radius 1 is 1.00 bits per heavy atom. The average Bonchev–Trinajstić information content (AvgIpc) is 2.58. The van der Waals surface area contributed by atoms with Crippen molar-refractivity contribution >= 4 is 5.91 Å². The number of halogens is 2. The van der Waals surface area contributed by atoms with Gasteiger partial charge in [0.15, 0.2) is 0 Å². The van der Waals surface area contributed by atoms with Crippen LogP contribution in [0.25, 0.3) is 0 Å². The molecule has 0 heterocycles. The molecule has 0 aliphatic carbocycles. The standard InChI is InChI=1S/C18H22F2N4O/c19-14-7-4-8-15(20)13(14)10-23-11-17(22)24-18(25)16(21)9-12-5-2-1-3-6-12/h1-8,16-17,23H,9-11,21-22H2,(H,24,25)/t16-,17?/m1/s1. The molecule has 6 N–H and O–H groups in total. The second-order valence-electron chi connectivity index (χ2n) is 5.74. The van der Waals surface area contributed by atoms with Gasteiger partial charge in [-0.15, -0.1) is 0 Å². The van der Waals surface area contributed by atoms with Gasteiger partial charge in [-0.2, -0.15) is 0 Å². The highest BCUT2D eigenvalue weighted by atomic mass is 19.1. The molecule has 0 aliphatic rings. The van der Waals surface area contributed by atoms with E-state index in [9.17, 15) is 13.6 Å². The fourth-order valence-corrected chi connectivity index (χ4v) is 2.36. The highest BCUT2D eigenvalue weighted by Gasteiger charge is 2.16. The Hall–Kier alpha value is -2.35. The molecule has 134 valence electrons. The van der Waals surface area contributed by atoms with Crippen LogP contribution < -0.4 is 22.1 Å². The third-order valence-electron chi connectivity index (χ3n) is 3.69. The third-order valence-corrected chi connectivity index (χ3v) is 3.69. The van der Waals surface area contributed by atoms with E-state index in [0.29, 0.717) is 6.42 Å². The van der Waals surface area contributed by atoms with Gasteiger partial charge in [0.25, 0.3) is 0 Å². The number of carbonyl (C=O) groups is 1. The number of rotatable bonds is 8. The van der Waals surface area contributed by atoms with Gasteiger partial charge in [0.05, 0.1) is 12.2 Å². The quantitative estimate of drug-likeness (QED) is 0.536. The summed E-state index contributed by atoms with van der Waals surface area (Å²) in [6.45, 7) is 0.121. The molecule has 0 aliphatic heterocycles. The van der Waals surface area contributed by atoms with Crippen LogP contribution >= 0.6 is 0 Å². The minimum atomic E-state index is -0.725. The van der Waals surface area contributed by atoms with Gasteiger partial charge in [-0.1, -0.05) is 36.4 Å². The molecule has 0 saturated carbocycles. The van der Waals surface area contributed by atoms with Gasteiger partial charge in [-0.3, -0.25) is 4.79 Å². The first-order valence-electron chi connectivity index (χ1n) is 7.96. The van der Waals surface area contributed by atoms with Crippen LogP contribution in [0.15, 0.2) is 48.5 Å². The van der Waals surface area contributed by atoms with Crippen molar-refractivity contribution in [2.75, 3.05) is 6.54 Å². The van der Waals surface area contributed by atoms with Gasteiger partial charge in [0, 0.05) is 18.7 Å². The van der Waals surface area contributed by atoms with Crippen molar-refractivity contribution in [1.82, 2.24) is 10.6 Å². The van der Waals surface area contributed by atoms with Crippen LogP contribution in [0, 0.1) is 11.6 Å². The Morgan fingerprint density at radius 2 is 1.64 bits per heavy atom. The minimum absolute atomic E-state index is 0.0296. The number of amides is 1. The number of nitrogens with one attached hydrogen (secondary N) is 2. The molecule has 2 rings (SSSR count). The highest BCUT2D eigenvalue weighted by molar-refractivity contribution is 5.82. The molecule has 0 saturated heterocycles.